The number of nitrogens with one attached hydrogen (secondary N) is 1. The molecule has 5 aromatic rings. The van der Waals surface area contributed by atoms with Crippen molar-refractivity contribution in [3.8, 4) is 28.3 Å². The van der Waals surface area contributed by atoms with Crippen LogP contribution < -0.4 is 4.74 Å². The molecule has 35 heavy (non-hydrogen) atoms. The SMILES string of the molecule is O=C1CCCN1CCCOc1ccc(-c2ccc3ncc(-c4cnc5[nH]ccc5c4)n3n2)cc1F. The van der Waals surface area contributed by atoms with Crippen LogP contribution in [0.4, 0.5) is 4.39 Å². The molecule has 0 spiro atoms. The minimum absolute atomic E-state index is 0.187. The predicted octanol–water partition coefficient (Wildman–Crippen LogP) is 4.47. The predicted molar refractivity (Wildman–Crippen MR) is 129 cm³/mol. The first-order valence-corrected chi connectivity index (χ1v) is 11.6. The van der Waals surface area contributed by atoms with Gasteiger partial charge in [0.05, 0.1) is 24.2 Å². The summed E-state index contributed by atoms with van der Waals surface area (Å²) < 4.78 is 22.2. The summed E-state index contributed by atoms with van der Waals surface area (Å²) in [4.78, 5) is 25.5. The zero-order valence-electron chi connectivity index (χ0n) is 18.9. The molecule has 0 bridgehead atoms. The lowest BCUT2D eigenvalue weighted by atomic mass is 10.1. The Labute approximate surface area is 200 Å². The molecular formula is C26H23FN6O2. The summed E-state index contributed by atoms with van der Waals surface area (Å²) in [7, 11) is 0. The molecule has 176 valence electrons. The van der Waals surface area contributed by atoms with Crippen molar-refractivity contribution in [1.29, 1.82) is 0 Å². The third kappa shape index (κ3) is 4.09. The Bertz CT molecular complexity index is 1540. The molecule has 1 amide bonds. The van der Waals surface area contributed by atoms with E-state index in [4.69, 9.17) is 9.84 Å². The van der Waals surface area contributed by atoms with Crippen LogP contribution in [0.25, 0.3) is 39.2 Å². The number of halogens is 1. The molecule has 0 saturated carbocycles. The number of hydrogen-bond donors (Lipinski definition) is 1. The first-order valence-electron chi connectivity index (χ1n) is 11.6. The van der Waals surface area contributed by atoms with E-state index in [1.54, 1.807) is 29.0 Å². The third-order valence-electron chi connectivity index (χ3n) is 6.29. The van der Waals surface area contributed by atoms with Gasteiger partial charge in [-0.2, -0.15) is 5.10 Å². The summed E-state index contributed by atoms with van der Waals surface area (Å²) in [5, 5.41) is 5.72. The van der Waals surface area contributed by atoms with Gasteiger partial charge in [-0.1, -0.05) is 0 Å². The fourth-order valence-corrected chi connectivity index (χ4v) is 4.46. The number of aromatic nitrogens is 5. The largest absolute Gasteiger partial charge is 0.490 e. The quantitative estimate of drug-likeness (QED) is 0.355. The number of H-pyrrole nitrogens is 1. The number of carbonyl (C=O) groups excluding carboxylic acids is 1. The van der Waals surface area contributed by atoms with E-state index in [0.717, 1.165) is 35.3 Å². The number of rotatable bonds is 7. The van der Waals surface area contributed by atoms with E-state index < -0.39 is 5.82 Å². The van der Waals surface area contributed by atoms with Gasteiger partial charge in [-0.3, -0.25) is 4.79 Å². The molecule has 8 nitrogen and oxygen atoms in total. The minimum atomic E-state index is -0.449. The van der Waals surface area contributed by atoms with Crippen molar-refractivity contribution in [3.63, 3.8) is 0 Å². The van der Waals surface area contributed by atoms with Crippen LogP contribution in [0.3, 0.4) is 0 Å². The molecule has 5 heterocycles. The number of aromatic amines is 1. The van der Waals surface area contributed by atoms with Gasteiger partial charge in [0.15, 0.2) is 17.2 Å². The van der Waals surface area contributed by atoms with E-state index in [0.29, 0.717) is 42.9 Å². The summed E-state index contributed by atoms with van der Waals surface area (Å²) >= 11 is 0. The molecule has 1 N–H and O–H groups in total. The Morgan fingerprint density at radius 1 is 1.06 bits per heavy atom. The molecule has 0 radical (unpaired) electrons. The third-order valence-corrected chi connectivity index (χ3v) is 6.29. The van der Waals surface area contributed by atoms with Gasteiger partial charge in [-0.05, 0) is 55.3 Å². The van der Waals surface area contributed by atoms with Gasteiger partial charge >= 0.3 is 0 Å². The molecule has 6 rings (SSSR count). The maximum atomic E-state index is 14.8. The van der Waals surface area contributed by atoms with Gasteiger partial charge in [-0.15, -0.1) is 0 Å². The number of fused-ring (bicyclic) bond motifs is 2. The molecule has 4 aromatic heterocycles. The van der Waals surface area contributed by atoms with Crippen LogP contribution in [-0.4, -0.2) is 55.1 Å². The maximum absolute atomic E-state index is 14.8. The highest BCUT2D eigenvalue weighted by molar-refractivity contribution is 5.81. The van der Waals surface area contributed by atoms with Gasteiger partial charge < -0.3 is 14.6 Å². The van der Waals surface area contributed by atoms with Crippen LogP contribution in [-0.2, 0) is 4.79 Å². The van der Waals surface area contributed by atoms with Crippen molar-refractivity contribution in [3.05, 3.63) is 66.9 Å². The van der Waals surface area contributed by atoms with E-state index >= 15 is 0 Å². The standard InChI is InChI=1S/C26H23FN6O2/c27-20-14-17(4-6-23(20)35-12-2-11-32-10-1-3-25(32)34)21-5-7-24-29-16-22(33(24)31-21)19-13-18-8-9-28-26(18)30-15-19/h4-9,13-16H,1-3,10-12H2,(H,28,30). The Morgan fingerprint density at radius 3 is 2.86 bits per heavy atom. The van der Waals surface area contributed by atoms with Gasteiger partial charge in [0.25, 0.3) is 0 Å². The molecule has 0 aliphatic carbocycles. The molecule has 1 aliphatic rings. The number of likely N-dealkylation sites (tertiary alicyclic amines) is 1. The van der Waals surface area contributed by atoms with Gasteiger partial charge in [-0.25, -0.2) is 18.9 Å². The zero-order valence-corrected chi connectivity index (χ0v) is 18.9. The maximum Gasteiger partial charge on any atom is 0.222 e. The topological polar surface area (TPSA) is 88.4 Å². The van der Waals surface area contributed by atoms with Crippen molar-refractivity contribution in [1.82, 2.24) is 29.5 Å². The number of carbonyl (C=O) groups is 1. The van der Waals surface area contributed by atoms with E-state index in [-0.39, 0.29) is 11.7 Å². The Morgan fingerprint density at radius 2 is 2.00 bits per heavy atom. The number of benzene rings is 1. The Kier molecular flexibility index (Phi) is 5.36. The molecule has 1 saturated heterocycles. The van der Waals surface area contributed by atoms with Gasteiger partial charge in [0.1, 0.15) is 5.65 Å². The van der Waals surface area contributed by atoms with Crippen molar-refractivity contribution < 1.29 is 13.9 Å². The summed E-state index contributed by atoms with van der Waals surface area (Å²) in [5.41, 5.74) is 4.45. The van der Waals surface area contributed by atoms with Crippen LogP contribution >= 0.6 is 0 Å². The molecule has 0 unspecified atom stereocenters. The van der Waals surface area contributed by atoms with Crippen LogP contribution in [0.5, 0.6) is 5.75 Å². The summed E-state index contributed by atoms with van der Waals surface area (Å²) in [6, 6.07) is 12.5. The normalized spacial score (nSPS) is 13.9. The van der Waals surface area contributed by atoms with Crippen molar-refractivity contribution in [2.75, 3.05) is 19.7 Å². The molecule has 1 aromatic carbocycles. The molecule has 0 atom stereocenters. The molecule has 1 aliphatic heterocycles. The number of imidazole rings is 1. The van der Waals surface area contributed by atoms with Crippen LogP contribution in [0.15, 0.2) is 61.1 Å². The number of hydrogen-bond acceptors (Lipinski definition) is 5. The second-order valence-corrected chi connectivity index (χ2v) is 8.60. The van der Waals surface area contributed by atoms with E-state index in [2.05, 4.69) is 15.0 Å². The van der Waals surface area contributed by atoms with Gasteiger partial charge in [0, 0.05) is 48.4 Å². The van der Waals surface area contributed by atoms with Crippen molar-refractivity contribution in [2.24, 2.45) is 0 Å². The van der Waals surface area contributed by atoms with Crippen molar-refractivity contribution in [2.45, 2.75) is 19.3 Å². The minimum Gasteiger partial charge on any atom is -0.490 e. The number of pyridine rings is 1. The average Bonchev–Trinajstić information content (AvgIpc) is 3.61. The van der Waals surface area contributed by atoms with Crippen molar-refractivity contribution >= 4 is 22.6 Å². The van der Waals surface area contributed by atoms with E-state index in [9.17, 15) is 9.18 Å². The number of ether oxygens (including phenoxy) is 1. The summed E-state index contributed by atoms with van der Waals surface area (Å²) in [6.45, 7) is 1.79. The van der Waals surface area contributed by atoms with Crippen LogP contribution in [0, 0.1) is 5.82 Å². The first-order chi connectivity index (χ1) is 17.2. The summed E-state index contributed by atoms with van der Waals surface area (Å²) in [5.74, 6) is -0.0706. The monoisotopic (exact) mass is 470 g/mol. The molecule has 9 heteroatoms. The molecular weight excluding hydrogens is 447 g/mol. The zero-order chi connectivity index (χ0) is 23.8. The fourth-order valence-electron chi connectivity index (χ4n) is 4.46. The second-order valence-electron chi connectivity index (χ2n) is 8.60. The highest BCUT2D eigenvalue weighted by atomic mass is 19.1. The lowest BCUT2D eigenvalue weighted by Gasteiger charge is -2.15. The fraction of sp³-hybridized carbons (Fsp3) is 0.231. The van der Waals surface area contributed by atoms with Crippen LogP contribution in [0.2, 0.25) is 0 Å². The number of amides is 1. The lowest BCUT2D eigenvalue weighted by molar-refractivity contribution is -0.127. The average molecular weight is 471 g/mol. The van der Waals surface area contributed by atoms with Crippen LogP contribution in [0.1, 0.15) is 19.3 Å². The number of nitrogens with zero attached hydrogens (tertiary/aromatic N) is 5. The Balaban J connectivity index is 1.20. The van der Waals surface area contributed by atoms with E-state index in [1.165, 1.54) is 6.07 Å². The highest BCUT2D eigenvalue weighted by Crippen LogP contribution is 2.27. The first kappa shape index (κ1) is 21.3. The second kappa shape index (κ2) is 8.83. The summed E-state index contributed by atoms with van der Waals surface area (Å²) in [6.07, 6.45) is 7.59. The smallest absolute Gasteiger partial charge is 0.222 e. The van der Waals surface area contributed by atoms with E-state index in [1.807, 2.05) is 35.4 Å². The Hall–Kier alpha value is -4.27. The highest BCUT2D eigenvalue weighted by Gasteiger charge is 2.19. The van der Waals surface area contributed by atoms with Gasteiger partial charge in [0.2, 0.25) is 5.91 Å². The molecule has 1 fully saturated rings. The lowest BCUT2D eigenvalue weighted by Crippen LogP contribution is -2.26.